The molecular formula is C28H34N4O5. The van der Waals surface area contributed by atoms with Gasteiger partial charge in [0, 0.05) is 23.4 Å². The maximum Gasteiger partial charge on any atom is 0.325 e. The van der Waals surface area contributed by atoms with E-state index in [4.69, 9.17) is 9.72 Å². The first kappa shape index (κ1) is 26.2. The highest BCUT2D eigenvalue weighted by Crippen LogP contribution is 2.30. The molecule has 1 aliphatic rings. The number of carbonyl (C=O) groups excluding carboxylic acids is 2. The molecule has 2 aromatic heterocycles. The maximum absolute atomic E-state index is 13.2. The van der Waals surface area contributed by atoms with Crippen LogP contribution in [0.25, 0.3) is 16.9 Å². The second kappa shape index (κ2) is 11.9. The van der Waals surface area contributed by atoms with Gasteiger partial charge < -0.3 is 20.5 Å². The Morgan fingerprint density at radius 1 is 1.14 bits per heavy atom. The number of anilines is 1. The van der Waals surface area contributed by atoms with Crippen molar-refractivity contribution in [2.75, 3.05) is 18.5 Å². The Labute approximate surface area is 216 Å². The summed E-state index contributed by atoms with van der Waals surface area (Å²) in [5.41, 5.74) is 3.55. The fourth-order valence-electron chi connectivity index (χ4n) is 4.95. The molecule has 9 nitrogen and oxygen atoms in total. The van der Waals surface area contributed by atoms with Gasteiger partial charge in [-0.25, -0.2) is 4.98 Å². The van der Waals surface area contributed by atoms with Crippen molar-refractivity contribution in [2.24, 2.45) is 5.92 Å². The number of rotatable bonds is 10. The van der Waals surface area contributed by atoms with Crippen LogP contribution in [0.4, 0.5) is 5.82 Å². The first-order valence-corrected chi connectivity index (χ1v) is 12.9. The molecule has 1 aliphatic carbocycles. The minimum Gasteiger partial charge on any atom is -0.481 e. The van der Waals surface area contributed by atoms with Gasteiger partial charge in [0.2, 0.25) is 0 Å². The number of nitrogens with one attached hydrogen (secondary N) is 2. The van der Waals surface area contributed by atoms with Gasteiger partial charge in [0.1, 0.15) is 23.7 Å². The third-order valence-electron chi connectivity index (χ3n) is 6.85. The first-order chi connectivity index (χ1) is 17.9. The van der Waals surface area contributed by atoms with E-state index < -0.39 is 12.0 Å². The average Bonchev–Trinajstić information content (AvgIpc) is 3.25. The molecule has 1 amide bonds. The molecule has 0 radical (unpaired) electrons. The van der Waals surface area contributed by atoms with Crippen molar-refractivity contribution in [3.8, 4) is 11.3 Å². The van der Waals surface area contributed by atoms with Crippen LogP contribution in [-0.2, 0) is 14.3 Å². The largest absolute Gasteiger partial charge is 0.481 e. The van der Waals surface area contributed by atoms with Crippen LogP contribution in [0, 0.1) is 12.8 Å². The number of amides is 1. The Balaban J connectivity index is 1.63. The molecule has 1 unspecified atom stereocenters. The van der Waals surface area contributed by atoms with Crippen LogP contribution in [0.3, 0.4) is 0 Å². The van der Waals surface area contributed by atoms with Crippen molar-refractivity contribution in [1.82, 2.24) is 14.7 Å². The number of carboxylic acids is 1. The third kappa shape index (κ3) is 6.47. The molecule has 3 N–H and O–H groups in total. The predicted octanol–water partition coefficient (Wildman–Crippen LogP) is 4.44. The minimum absolute atomic E-state index is 0.0268. The summed E-state index contributed by atoms with van der Waals surface area (Å²) in [6, 6.07) is 10.8. The van der Waals surface area contributed by atoms with E-state index in [1.54, 1.807) is 29.7 Å². The van der Waals surface area contributed by atoms with Gasteiger partial charge in [-0.1, -0.05) is 49.1 Å². The highest BCUT2D eigenvalue weighted by atomic mass is 16.5. The standard InChI is InChI=1S/C28H34N4O5/c1-3-37-25(35)17-29-27-26(20-11-9-18(2)10-12-20)31-23-15-21(13-14-32(23)27)28(36)30-22(16-24(33)34)19-7-5-4-6-8-19/h9-15,19,22,29H,3-8,16-17H2,1-2H3,(H,30,36)(H,33,34). The number of pyridine rings is 1. The Morgan fingerprint density at radius 2 is 1.86 bits per heavy atom. The lowest BCUT2D eigenvalue weighted by atomic mass is 9.82. The monoisotopic (exact) mass is 506 g/mol. The lowest BCUT2D eigenvalue weighted by molar-refractivity contribution is -0.141. The molecule has 1 fully saturated rings. The zero-order valence-electron chi connectivity index (χ0n) is 21.3. The van der Waals surface area contributed by atoms with Gasteiger partial charge in [0.05, 0.1) is 13.0 Å². The smallest absolute Gasteiger partial charge is 0.325 e. The van der Waals surface area contributed by atoms with Crippen molar-refractivity contribution in [3.63, 3.8) is 0 Å². The molecule has 196 valence electrons. The summed E-state index contributed by atoms with van der Waals surface area (Å²) in [5, 5.41) is 15.5. The van der Waals surface area contributed by atoms with E-state index in [0.717, 1.165) is 43.2 Å². The van der Waals surface area contributed by atoms with Gasteiger partial charge >= 0.3 is 11.9 Å². The molecule has 3 aromatic rings. The summed E-state index contributed by atoms with van der Waals surface area (Å²) >= 11 is 0. The SMILES string of the molecule is CCOC(=O)CNc1c(-c2ccc(C)cc2)nc2cc(C(=O)NC(CC(=O)O)C3CCCCC3)ccn12. The number of carboxylic acid groups (broad SMARTS) is 1. The van der Waals surface area contributed by atoms with E-state index in [-0.39, 0.29) is 30.8 Å². The van der Waals surface area contributed by atoms with Crippen molar-refractivity contribution in [3.05, 3.63) is 53.7 Å². The molecule has 0 aliphatic heterocycles. The second-order valence-electron chi connectivity index (χ2n) is 9.55. The molecule has 1 atom stereocenters. The molecule has 0 bridgehead atoms. The number of imidazole rings is 1. The van der Waals surface area contributed by atoms with Crippen molar-refractivity contribution >= 4 is 29.3 Å². The van der Waals surface area contributed by atoms with Gasteiger partial charge in [-0.2, -0.15) is 0 Å². The maximum atomic E-state index is 13.2. The van der Waals surface area contributed by atoms with Gasteiger partial charge in [0.25, 0.3) is 5.91 Å². The van der Waals surface area contributed by atoms with Crippen LogP contribution in [0.1, 0.15) is 61.4 Å². The summed E-state index contributed by atoms with van der Waals surface area (Å²) in [6.07, 6.45) is 6.74. The quantitative estimate of drug-likeness (QED) is 0.348. The summed E-state index contributed by atoms with van der Waals surface area (Å²) in [5.74, 6) is -0.837. The number of ether oxygens (including phenoxy) is 1. The molecule has 4 rings (SSSR count). The molecule has 0 spiro atoms. The number of hydrogen-bond acceptors (Lipinski definition) is 6. The van der Waals surface area contributed by atoms with Gasteiger partial charge in [-0.05, 0) is 44.7 Å². The third-order valence-corrected chi connectivity index (χ3v) is 6.85. The van der Waals surface area contributed by atoms with Crippen molar-refractivity contribution in [2.45, 2.75) is 58.4 Å². The van der Waals surface area contributed by atoms with Gasteiger partial charge in [-0.3, -0.25) is 18.8 Å². The van der Waals surface area contributed by atoms with E-state index in [1.807, 2.05) is 31.2 Å². The van der Waals surface area contributed by atoms with Gasteiger partial charge in [-0.15, -0.1) is 0 Å². The fourth-order valence-corrected chi connectivity index (χ4v) is 4.95. The molecule has 1 aromatic carbocycles. The number of carbonyl (C=O) groups is 3. The number of esters is 1. The summed E-state index contributed by atoms with van der Waals surface area (Å²) in [6.45, 7) is 4.02. The summed E-state index contributed by atoms with van der Waals surface area (Å²) < 4.78 is 6.85. The predicted molar refractivity (Wildman–Crippen MR) is 141 cm³/mol. The Hall–Kier alpha value is -3.88. The molecular weight excluding hydrogens is 472 g/mol. The summed E-state index contributed by atoms with van der Waals surface area (Å²) in [7, 11) is 0. The molecule has 2 heterocycles. The van der Waals surface area contributed by atoms with Crippen LogP contribution >= 0.6 is 0 Å². The van der Waals surface area contributed by atoms with Crippen LogP contribution < -0.4 is 10.6 Å². The molecule has 9 heteroatoms. The Kier molecular flexibility index (Phi) is 8.43. The number of hydrogen-bond donors (Lipinski definition) is 3. The van der Waals surface area contributed by atoms with Crippen molar-refractivity contribution < 1.29 is 24.2 Å². The number of fused-ring (bicyclic) bond motifs is 1. The van der Waals surface area contributed by atoms with E-state index in [2.05, 4.69) is 10.6 Å². The van der Waals surface area contributed by atoms with Crippen LogP contribution in [0.15, 0.2) is 42.6 Å². The number of aromatic nitrogens is 2. The molecule has 1 saturated carbocycles. The highest BCUT2D eigenvalue weighted by Gasteiger charge is 2.28. The number of aryl methyl sites for hydroxylation is 1. The second-order valence-corrected chi connectivity index (χ2v) is 9.55. The fraction of sp³-hybridized carbons (Fsp3) is 0.429. The average molecular weight is 507 g/mol. The van der Waals surface area contributed by atoms with E-state index >= 15 is 0 Å². The minimum atomic E-state index is -0.917. The van der Waals surface area contributed by atoms with E-state index in [1.165, 1.54) is 0 Å². The topological polar surface area (TPSA) is 122 Å². The van der Waals surface area contributed by atoms with Crippen LogP contribution in [0.5, 0.6) is 0 Å². The lowest BCUT2D eigenvalue weighted by Gasteiger charge is -2.30. The van der Waals surface area contributed by atoms with Crippen LogP contribution in [-0.4, -0.2) is 51.5 Å². The zero-order valence-corrected chi connectivity index (χ0v) is 21.3. The lowest BCUT2D eigenvalue weighted by Crippen LogP contribution is -2.42. The Morgan fingerprint density at radius 3 is 2.54 bits per heavy atom. The normalized spacial score (nSPS) is 14.8. The Bertz CT molecular complexity index is 1260. The summed E-state index contributed by atoms with van der Waals surface area (Å²) in [4.78, 5) is 41.5. The molecule has 0 saturated heterocycles. The zero-order chi connectivity index (χ0) is 26.4. The highest BCUT2D eigenvalue weighted by molar-refractivity contribution is 5.96. The number of aliphatic carboxylic acids is 1. The van der Waals surface area contributed by atoms with Gasteiger partial charge in [0.15, 0.2) is 0 Å². The van der Waals surface area contributed by atoms with Crippen molar-refractivity contribution in [1.29, 1.82) is 0 Å². The number of benzene rings is 1. The van der Waals surface area contributed by atoms with E-state index in [9.17, 15) is 19.5 Å². The first-order valence-electron chi connectivity index (χ1n) is 12.9. The van der Waals surface area contributed by atoms with Crippen LogP contribution in [0.2, 0.25) is 0 Å². The molecule has 37 heavy (non-hydrogen) atoms. The number of nitrogens with zero attached hydrogens (tertiary/aromatic N) is 2. The van der Waals surface area contributed by atoms with E-state index in [0.29, 0.717) is 29.3 Å².